The highest BCUT2D eigenvalue weighted by Gasteiger charge is 2.28. The zero-order valence-corrected chi connectivity index (χ0v) is 16.1. The molecule has 4 heterocycles. The van der Waals surface area contributed by atoms with Crippen molar-refractivity contribution in [3.8, 4) is 0 Å². The van der Waals surface area contributed by atoms with Crippen molar-refractivity contribution >= 4 is 28.3 Å². The van der Waals surface area contributed by atoms with Gasteiger partial charge in [-0.15, -0.1) is 0 Å². The van der Waals surface area contributed by atoms with Crippen LogP contribution in [-0.4, -0.2) is 47.6 Å². The number of ether oxygens (including phenoxy) is 1. The topological polar surface area (TPSA) is 95.0 Å². The lowest BCUT2D eigenvalue weighted by Gasteiger charge is -2.13. The number of pyridine rings is 1. The number of hydrogen-bond acceptors (Lipinski definition) is 7. The Morgan fingerprint density at radius 2 is 2.11 bits per heavy atom. The molecule has 2 unspecified atom stereocenters. The van der Waals surface area contributed by atoms with E-state index in [1.165, 1.54) is 6.33 Å². The molecule has 0 amide bonds. The van der Waals surface area contributed by atoms with Gasteiger partial charge in [0.05, 0.1) is 35.1 Å². The van der Waals surface area contributed by atoms with E-state index in [1.807, 2.05) is 37.0 Å². The number of anilines is 2. The van der Waals surface area contributed by atoms with E-state index in [-0.39, 0.29) is 0 Å². The summed E-state index contributed by atoms with van der Waals surface area (Å²) in [5.41, 5.74) is 4.55. The molecule has 0 radical (unpaired) electrons. The first-order valence-corrected chi connectivity index (χ1v) is 9.44. The van der Waals surface area contributed by atoms with Crippen molar-refractivity contribution in [2.24, 2.45) is 0 Å². The van der Waals surface area contributed by atoms with Crippen molar-refractivity contribution in [1.29, 1.82) is 0 Å². The summed E-state index contributed by atoms with van der Waals surface area (Å²) in [6.45, 7) is 4.02. The zero-order chi connectivity index (χ0) is 19.3. The van der Waals surface area contributed by atoms with Gasteiger partial charge in [-0.05, 0) is 44.7 Å². The van der Waals surface area contributed by atoms with Crippen LogP contribution in [0.1, 0.15) is 36.6 Å². The minimum Gasteiger partial charge on any atom is -0.381 e. The van der Waals surface area contributed by atoms with Gasteiger partial charge in [-0.2, -0.15) is 15.2 Å². The molecule has 28 heavy (non-hydrogen) atoms. The molecule has 4 aromatic heterocycles. The van der Waals surface area contributed by atoms with Gasteiger partial charge in [-0.1, -0.05) is 0 Å². The van der Waals surface area contributed by atoms with E-state index >= 15 is 0 Å². The van der Waals surface area contributed by atoms with Gasteiger partial charge in [0.2, 0.25) is 5.95 Å². The molecule has 1 N–H and O–H groups in total. The Morgan fingerprint density at radius 1 is 1.21 bits per heavy atom. The smallest absolute Gasteiger partial charge is 0.229 e. The van der Waals surface area contributed by atoms with Gasteiger partial charge >= 0.3 is 0 Å². The summed E-state index contributed by atoms with van der Waals surface area (Å²) in [6, 6.07) is 2.28. The third-order valence-corrected chi connectivity index (χ3v) is 5.54. The molecule has 9 heteroatoms. The lowest BCUT2D eigenvalue weighted by atomic mass is 10.2. The molecule has 0 saturated heterocycles. The second-order valence-corrected chi connectivity index (χ2v) is 7.34. The maximum Gasteiger partial charge on any atom is 0.229 e. The number of aryl methyl sites for hydroxylation is 2. The van der Waals surface area contributed by atoms with E-state index in [1.54, 1.807) is 11.6 Å². The van der Waals surface area contributed by atoms with Crippen LogP contribution in [0, 0.1) is 13.8 Å². The van der Waals surface area contributed by atoms with Crippen LogP contribution in [0.25, 0.3) is 16.7 Å². The Hall–Kier alpha value is -3.07. The Bertz CT molecular complexity index is 1160. The predicted molar refractivity (Wildman–Crippen MR) is 105 cm³/mol. The van der Waals surface area contributed by atoms with Gasteiger partial charge in [0.1, 0.15) is 6.33 Å². The van der Waals surface area contributed by atoms with Crippen LogP contribution in [0.3, 0.4) is 0 Å². The molecule has 2 atom stereocenters. The largest absolute Gasteiger partial charge is 0.381 e. The predicted octanol–water partition coefficient (Wildman–Crippen LogP) is 2.97. The number of nitrogens with one attached hydrogen (secondary N) is 1. The molecule has 1 aliphatic carbocycles. The summed E-state index contributed by atoms with van der Waals surface area (Å²) in [5.74, 6) is 0.539. The summed E-state index contributed by atoms with van der Waals surface area (Å²) in [5, 5.41) is 13.2. The summed E-state index contributed by atoms with van der Waals surface area (Å²) in [7, 11) is 1.78. The van der Waals surface area contributed by atoms with Crippen molar-refractivity contribution in [1.82, 2.24) is 34.3 Å². The maximum absolute atomic E-state index is 5.53. The first kappa shape index (κ1) is 17.1. The molecular formula is C19H22N8O. The van der Waals surface area contributed by atoms with Crippen LogP contribution in [0.15, 0.2) is 24.8 Å². The monoisotopic (exact) mass is 378 g/mol. The number of methoxy groups -OCH3 is 1. The second-order valence-electron chi connectivity index (χ2n) is 7.34. The van der Waals surface area contributed by atoms with Crippen LogP contribution in [0.2, 0.25) is 0 Å². The highest BCUT2D eigenvalue weighted by molar-refractivity contribution is 5.79. The molecule has 1 fully saturated rings. The fourth-order valence-corrected chi connectivity index (χ4v) is 3.94. The Balaban J connectivity index is 1.51. The van der Waals surface area contributed by atoms with Crippen LogP contribution in [0.5, 0.6) is 0 Å². The molecule has 0 aromatic carbocycles. The highest BCUT2D eigenvalue weighted by atomic mass is 16.5. The van der Waals surface area contributed by atoms with Crippen LogP contribution >= 0.6 is 0 Å². The van der Waals surface area contributed by atoms with E-state index in [0.717, 1.165) is 52.9 Å². The van der Waals surface area contributed by atoms with E-state index < -0.39 is 0 Å². The van der Waals surface area contributed by atoms with Gasteiger partial charge in [0.25, 0.3) is 0 Å². The summed E-state index contributed by atoms with van der Waals surface area (Å²) in [6.07, 6.45) is 8.63. The highest BCUT2D eigenvalue weighted by Crippen LogP contribution is 2.34. The molecule has 144 valence electrons. The van der Waals surface area contributed by atoms with E-state index in [4.69, 9.17) is 14.8 Å². The normalized spacial score (nSPS) is 19.7. The van der Waals surface area contributed by atoms with Gasteiger partial charge < -0.3 is 10.1 Å². The molecule has 0 bridgehead atoms. The molecular weight excluding hydrogens is 356 g/mol. The third-order valence-electron chi connectivity index (χ3n) is 5.54. The van der Waals surface area contributed by atoms with E-state index in [9.17, 15) is 0 Å². The van der Waals surface area contributed by atoms with E-state index in [2.05, 4.69) is 20.4 Å². The summed E-state index contributed by atoms with van der Waals surface area (Å²) >= 11 is 0. The van der Waals surface area contributed by atoms with Gasteiger partial charge in [-0.25, -0.2) is 19.2 Å². The maximum atomic E-state index is 5.53. The minimum atomic E-state index is 0.293. The van der Waals surface area contributed by atoms with Crippen molar-refractivity contribution in [3.05, 3.63) is 36.0 Å². The van der Waals surface area contributed by atoms with Crippen molar-refractivity contribution in [3.63, 3.8) is 0 Å². The first-order chi connectivity index (χ1) is 13.6. The number of nitrogens with zero attached hydrogens (tertiary/aromatic N) is 7. The molecule has 5 rings (SSSR count). The lowest BCUT2D eigenvalue weighted by Crippen LogP contribution is -2.11. The summed E-state index contributed by atoms with van der Waals surface area (Å²) in [4.78, 5) is 13.5. The molecule has 0 spiro atoms. The number of fused-ring (bicyclic) bond motifs is 2. The number of hydrogen-bond donors (Lipinski definition) is 1. The SMILES string of the molecule is COC1CCC(n2nc(C)c3cnc(Nc4cn5ncnc5cc4C)nc32)C1. The second kappa shape index (κ2) is 6.52. The average molecular weight is 378 g/mol. The average Bonchev–Trinajstić information content (AvgIpc) is 3.41. The molecule has 0 aliphatic heterocycles. The van der Waals surface area contributed by atoms with Gasteiger partial charge in [-0.3, -0.25) is 0 Å². The molecule has 4 aromatic rings. The van der Waals surface area contributed by atoms with Crippen molar-refractivity contribution in [2.75, 3.05) is 12.4 Å². The standard InChI is InChI=1S/C19H22N8O/c1-11-6-17-21-10-22-26(17)9-16(11)23-19-20-8-15-12(2)25-27(18(15)24-19)13-4-5-14(7-13)28-3/h6,8-10,13-14H,4-5,7H2,1-3H3,(H,20,23,24). The Morgan fingerprint density at radius 3 is 2.93 bits per heavy atom. The van der Waals surface area contributed by atoms with Crippen molar-refractivity contribution in [2.45, 2.75) is 45.3 Å². The van der Waals surface area contributed by atoms with Crippen LogP contribution in [0.4, 0.5) is 11.6 Å². The fourth-order valence-electron chi connectivity index (χ4n) is 3.94. The van der Waals surface area contributed by atoms with E-state index in [0.29, 0.717) is 18.1 Å². The van der Waals surface area contributed by atoms with Crippen LogP contribution < -0.4 is 5.32 Å². The molecule has 1 aliphatic rings. The third kappa shape index (κ3) is 2.78. The number of rotatable bonds is 4. The minimum absolute atomic E-state index is 0.293. The Kier molecular flexibility index (Phi) is 3.97. The van der Waals surface area contributed by atoms with Gasteiger partial charge in [0, 0.05) is 13.3 Å². The van der Waals surface area contributed by atoms with Crippen LogP contribution in [-0.2, 0) is 4.74 Å². The zero-order valence-electron chi connectivity index (χ0n) is 16.1. The fraction of sp³-hybridized carbons (Fsp3) is 0.421. The number of aromatic nitrogens is 7. The molecule has 9 nitrogen and oxygen atoms in total. The quantitative estimate of drug-likeness (QED) is 0.583. The molecule has 1 saturated carbocycles. The van der Waals surface area contributed by atoms with Gasteiger partial charge in [0.15, 0.2) is 11.3 Å². The Labute approximate surface area is 161 Å². The first-order valence-electron chi connectivity index (χ1n) is 9.44. The summed E-state index contributed by atoms with van der Waals surface area (Å²) < 4.78 is 9.30. The van der Waals surface area contributed by atoms with Crippen molar-refractivity contribution < 1.29 is 4.74 Å². The lowest BCUT2D eigenvalue weighted by molar-refractivity contribution is 0.105.